The van der Waals surface area contributed by atoms with Gasteiger partial charge in [0.2, 0.25) is 5.76 Å². The summed E-state index contributed by atoms with van der Waals surface area (Å²) in [6.45, 7) is 0.0957. The molecular weight excluding hydrogens is 256 g/mol. The fourth-order valence-corrected chi connectivity index (χ4v) is 1.77. The van der Waals surface area contributed by atoms with Gasteiger partial charge in [0, 0.05) is 25.2 Å². The van der Waals surface area contributed by atoms with Crippen molar-refractivity contribution in [3.8, 4) is 0 Å². The van der Waals surface area contributed by atoms with Gasteiger partial charge in [0.25, 0.3) is 0 Å². The molecule has 1 aromatic heterocycles. The van der Waals surface area contributed by atoms with Crippen LogP contribution in [0.25, 0.3) is 0 Å². The highest BCUT2D eigenvalue weighted by atomic mass is 19.1. The van der Waals surface area contributed by atoms with Crippen molar-refractivity contribution in [2.24, 2.45) is 0 Å². The number of carbonyl (C=O) groups is 1. The van der Waals surface area contributed by atoms with Crippen molar-refractivity contribution in [2.75, 3.05) is 11.9 Å². The summed E-state index contributed by atoms with van der Waals surface area (Å²) in [6.07, 6.45) is 1.24. The normalized spacial score (nSPS) is 10.5. The van der Waals surface area contributed by atoms with Gasteiger partial charge in [-0.2, -0.15) is 0 Å². The van der Waals surface area contributed by atoms with Gasteiger partial charge < -0.3 is 14.4 Å². The zero-order valence-electron chi connectivity index (χ0n) is 10.1. The summed E-state index contributed by atoms with van der Waals surface area (Å²) in [6, 6.07) is 4.58. The zero-order valence-corrected chi connectivity index (χ0v) is 10.1. The average molecular weight is 267 g/mol. The first kappa shape index (κ1) is 13.1. The van der Waals surface area contributed by atoms with Crippen LogP contribution in [0, 0.1) is 11.6 Å². The van der Waals surface area contributed by atoms with E-state index in [0.29, 0.717) is 5.56 Å². The third kappa shape index (κ3) is 2.73. The molecule has 0 saturated heterocycles. The minimum atomic E-state index is -1.20. The first-order chi connectivity index (χ1) is 8.99. The van der Waals surface area contributed by atoms with E-state index in [0.717, 1.165) is 18.2 Å². The molecule has 1 heterocycles. The Bertz CT molecular complexity index is 610. The molecule has 0 aliphatic heterocycles. The van der Waals surface area contributed by atoms with E-state index < -0.39 is 17.6 Å². The fraction of sp³-hybridized carbons (Fsp3) is 0.154. The van der Waals surface area contributed by atoms with Gasteiger partial charge in [-0.1, -0.05) is 0 Å². The van der Waals surface area contributed by atoms with E-state index in [-0.39, 0.29) is 18.0 Å². The lowest BCUT2D eigenvalue weighted by molar-refractivity contribution is 0.0661. The Balaban J connectivity index is 2.25. The summed E-state index contributed by atoms with van der Waals surface area (Å²) >= 11 is 0. The molecule has 2 rings (SSSR count). The van der Waals surface area contributed by atoms with Crippen molar-refractivity contribution in [1.82, 2.24) is 0 Å². The Kier molecular flexibility index (Phi) is 3.50. The molecule has 0 fully saturated rings. The Morgan fingerprint density at radius 3 is 2.79 bits per heavy atom. The number of hydrogen-bond donors (Lipinski definition) is 1. The first-order valence-electron chi connectivity index (χ1n) is 5.45. The van der Waals surface area contributed by atoms with Gasteiger partial charge in [-0.3, -0.25) is 0 Å². The SMILES string of the molecule is CN(Cc1ccoc1C(=O)O)c1cc(F)ccc1F. The predicted octanol–water partition coefficient (Wildman–Crippen LogP) is 2.89. The molecule has 0 saturated carbocycles. The van der Waals surface area contributed by atoms with E-state index in [2.05, 4.69) is 0 Å². The van der Waals surface area contributed by atoms with Gasteiger partial charge >= 0.3 is 5.97 Å². The first-order valence-corrected chi connectivity index (χ1v) is 5.45. The summed E-state index contributed by atoms with van der Waals surface area (Å²) in [5.41, 5.74) is 0.441. The van der Waals surface area contributed by atoms with Crippen molar-refractivity contribution < 1.29 is 23.1 Å². The molecule has 0 atom stereocenters. The standard InChI is InChI=1S/C13H11F2NO3/c1-16(11-6-9(14)2-3-10(11)15)7-8-4-5-19-12(8)13(17)18/h2-6H,7H2,1H3,(H,17,18). The van der Waals surface area contributed by atoms with Crippen molar-refractivity contribution in [3.05, 3.63) is 53.5 Å². The highest BCUT2D eigenvalue weighted by Gasteiger charge is 2.17. The minimum Gasteiger partial charge on any atom is -0.475 e. The lowest BCUT2D eigenvalue weighted by atomic mass is 10.2. The summed E-state index contributed by atoms with van der Waals surface area (Å²) in [4.78, 5) is 12.3. The molecule has 100 valence electrons. The fourth-order valence-electron chi connectivity index (χ4n) is 1.77. The van der Waals surface area contributed by atoms with Crippen molar-refractivity contribution in [1.29, 1.82) is 0 Å². The Hall–Kier alpha value is -2.37. The number of carboxylic acid groups (broad SMARTS) is 1. The van der Waals surface area contributed by atoms with Crippen LogP contribution < -0.4 is 4.90 Å². The summed E-state index contributed by atoms with van der Waals surface area (Å²) in [5.74, 6) is -2.55. The molecule has 19 heavy (non-hydrogen) atoms. The highest BCUT2D eigenvalue weighted by molar-refractivity contribution is 5.86. The summed E-state index contributed by atoms with van der Waals surface area (Å²) in [7, 11) is 1.54. The number of carboxylic acids is 1. The largest absolute Gasteiger partial charge is 0.475 e. The Labute approximate surface area is 107 Å². The van der Waals surface area contributed by atoms with Crippen molar-refractivity contribution in [2.45, 2.75) is 6.54 Å². The number of benzene rings is 1. The van der Waals surface area contributed by atoms with E-state index in [9.17, 15) is 13.6 Å². The van der Waals surface area contributed by atoms with Gasteiger partial charge in [-0.05, 0) is 18.2 Å². The van der Waals surface area contributed by atoms with Crippen LogP contribution >= 0.6 is 0 Å². The van der Waals surface area contributed by atoms with Crippen molar-refractivity contribution >= 4 is 11.7 Å². The second kappa shape index (κ2) is 5.09. The van der Waals surface area contributed by atoms with Gasteiger partial charge in [0.05, 0.1) is 12.0 Å². The van der Waals surface area contributed by atoms with Crippen LogP contribution in [-0.4, -0.2) is 18.1 Å². The van der Waals surface area contributed by atoms with E-state index >= 15 is 0 Å². The molecule has 0 bridgehead atoms. The van der Waals surface area contributed by atoms with Crippen LogP contribution in [0.4, 0.5) is 14.5 Å². The van der Waals surface area contributed by atoms with Crippen LogP contribution in [0.2, 0.25) is 0 Å². The number of rotatable bonds is 4. The second-order valence-corrected chi connectivity index (χ2v) is 4.03. The van der Waals surface area contributed by atoms with Gasteiger partial charge in [-0.25, -0.2) is 13.6 Å². The molecule has 6 heteroatoms. The quantitative estimate of drug-likeness (QED) is 0.925. The van der Waals surface area contributed by atoms with Crippen molar-refractivity contribution in [3.63, 3.8) is 0 Å². The lowest BCUT2D eigenvalue weighted by Crippen LogP contribution is -2.19. The van der Waals surface area contributed by atoms with Gasteiger partial charge in [0.1, 0.15) is 11.6 Å². The smallest absolute Gasteiger partial charge is 0.372 e. The van der Waals surface area contributed by atoms with Crippen LogP contribution in [-0.2, 0) is 6.54 Å². The molecule has 4 nitrogen and oxygen atoms in total. The maximum atomic E-state index is 13.6. The predicted molar refractivity (Wildman–Crippen MR) is 64.1 cm³/mol. The molecule has 0 aliphatic carbocycles. The number of anilines is 1. The van der Waals surface area contributed by atoms with E-state index in [1.807, 2.05) is 0 Å². The molecular formula is C13H11F2NO3. The average Bonchev–Trinajstić information content (AvgIpc) is 2.80. The topological polar surface area (TPSA) is 53.7 Å². The van der Waals surface area contributed by atoms with E-state index in [4.69, 9.17) is 9.52 Å². The minimum absolute atomic E-state index is 0.0533. The third-order valence-electron chi connectivity index (χ3n) is 2.67. The summed E-state index contributed by atoms with van der Waals surface area (Å²) < 4.78 is 31.5. The Morgan fingerprint density at radius 2 is 2.11 bits per heavy atom. The van der Waals surface area contributed by atoms with Crippen LogP contribution in [0.15, 0.2) is 34.9 Å². The molecule has 0 spiro atoms. The molecule has 1 N–H and O–H groups in total. The molecule has 1 aromatic carbocycles. The lowest BCUT2D eigenvalue weighted by Gasteiger charge is -2.19. The maximum absolute atomic E-state index is 13.6. The molecule has 0 amide bonds. The van der Waals surface area contributed by atoms with Gasteiger partial charge in [0.15, 0.2) is 0 Å². The van der Waals surface area contributed by atoms with Crippen LogP contribution in [0.5, 0.6) is 0 Å². The molecule has 0 unspecified atom stereocenters. The molecule has 0 aliphatic rings. The second-order valence-electron chi connectivity index (χ2n) is 4.03. The molecule has 2 aromatic rings. The number of halogens is 2. The number of nitrogens with zero attached hydrogens (tertiary/aromatic N) is 1. The van der Waals surface area contributed by atoms with Gasteiger partial charge in [-0.15, -0.1) is 0 Å². The third-order valence-corrected chi connectivity index (χ3v) is 2.67. The van der Waals surface area contributed by atoms with E-state index in [1.165, 1.54) is 24.3 Å². The maximum Gasteiger partial charge on any atom is 0.372 e. The summed E-state index contributed by atoms with van der Waals surface area (Å²) in [5, 5.41) is 8.89. The van der Waals surface area contributed by atoms with Crippen LogP contribution in [0.3, 0.4) is 0 Å². The number of furan rings is 1. The number of hydrogen-bond acceptors (Lipinski definition) is 3. The van der Waals surface area contributed by atoms with E-state index in [1.54, 1.807) is 0 Å². The highest BCUT2D eigenvalue weighted by Crippen LogP contribution is 2.22. The van der Waals surface area contributed by atoms with Crippen LogP contribution in [0.1, 0.15) is 16.1 Å². The monoisotopic (exact) mass is 267 g/mol. The number of aromatic carboxylic acids is 1. The molecule has 0 radical (unpaired) electrons. The Morgan fingerprint density at radius 1 is 1.37 bits per heavy atom. The zero-order chi connectivity index (χ0) is 14.0.